The highest BCUT2D eigenvalue weighted by Crippen LogP contribution is 2.19. The zero-order chi connectivity index (χ0) is 13.2. The molecule has 0 bridgehead atoms. The number of nitrogens with one attached hydrogen (secondary N) is 2. The molecular formula is C8H9N5O3S2. The Morgan fingerprint density at radius 3 is 3.00 bits per heavy atom. The molecular weight excluding hydrogens is 278 g/mol. The Labute approximate surface area is 106 Å². The highest BCUT2D eigenvalue weighted by Gasteiger charge is 2.17. The molecule has 8 nitrogen and oxygen atoms in total. The summed E-state index contributed by atoms with van der Waals surface area (Å²) in [6, 6.07) is 0. The number of hydrogen-bond donors (Lipinski definition) is 3. The molecule has 0 saturated heterocycles. The monoisotopic (exact) mass is 287 g/mol. The van der Waals surface area contributed by atoms with E-state index in [1.54, 1.807) is 12.3 Å². The van der Waals surface area contributed by atoms with Gasteiger partial charge in [0, 0.05) is 5.38 Å². The van der Waals surface area contributed by atoms with Crippen LogP contribution in [0.5, 0.6) is 0 Å². The van der Waals surface area contributed by atoms with Gasteiger partial charge in [0.25, 0.3) is 10.0 Å². The molecule has 0 fully saturated rings. The average molecular weight is 287 g/mol. The standard InChI is InChI=1S/C8H9N5O3S2/c1-5(12-14)6-3-17-8(11-6)13-18(15,16)7-2-9-4-10-7/h2-4,14H,1H3,(H,9,10)(H,11,13)/b12-5+. The number of thiazole rings is 1. The molecule has 0 aliphatic rings. The zero-order valence-corrected chi connectivity index (χ0v) is 10.8. The minimum atomic E-state index is -3.71. The lowest BCUT2D eigenvalue weighted by Crippen LogP contribution is -2.13. The molecule has 0 atom stereocenters. The van der Waals surface area contributed by atoms with E-state index >= 15 is 0 Å². The fraction of sp³-hybridized carbons (Fsp3) is 0.125. The maximum absolute atomic E-state index is 11.8. The molecule has 0 unspecified atom stereocenters. The van der Waals surface area contributed by atoms with Crippen LogP contribution in [-0.2, 0) is 10.0 Å². The van der Waals surface area contributed by atoms with Gasteiger partial charge < -0.3 is 10.2 Å². The molecule has 10 heteroatoms. The van der Waals surface area contributed by atoms with Crippen LogP contribution >= 0.6 is 11.3 Å². The van der Waals surface area contributed by atoms with Crippen molar-refractivity contribution in [2.75, 3.05) is 4.72 Å². The van der Waals surface area contributed by atoms with E-state index in [2.05, 4.69) is 24.8 Å². The molecule has 0 aliphatic carbocycles. The Bertz CT molecular complexity index is 659. The smallest absolute Gasteiger partial charge is 0.280 e. The van der Waals surface area contributed by atoms with Crippen LogP contribution in [0.2, 0.25) is 0 Å². The van der Waals surface area contributed by atoms with E-state index in [-0.39, 0.29) is 10.2 Å². The van der Waals surface area contributed by atoms with Crippen molar-refractivity contribution < 1.29 is 13.6 Å². The van der Waals surface area contributed by atoms with Crippen LogP contribution in [0.25, 0.3) is 0 Å². The molecule has 0 aliphatic heterocycles. The van der Waals surface area contributed by atoms with Crippen molar-refractivity contribution in [1.29, 1.82) is 0 Å². The molecule has 2 aromatic rings. The summed E-state index contributed by atoms with van der Waals surface area (Å²) in [6.07, 6.45) is 2.46. The Kier molecular flexibility index (Phi) is 3.30. The summed E-state index contributed by atoms with van der Waals surface area (Å²) in [7, 11) is -3.71. The maximum atomic E-state index is 11.8. The van der Waals surface area contributed by atoms with Gasteiger partial charge in [-0.1, -0.05) is 5.16 Å². The number of H-pyrrole nitrogens is 1. The van der Waals surface area contributed by atoms with Crippen LogP contribution in [0.4, 0.5) is 5.13 Å². The third-order valence-electron chi connectivity index (χ3n) is 2.01. The van der Waals surface area contributed by atoms with Gasteiger partial charge in [-0.05, 0) is 6.92 Å². The molecule has 0 radical (unpaired) electrons. The Hall–Kier alpha value is -1.94. The van der Waals surface area contributed by atoms with Crippen molar-refractivity contribution >= 4 is 32.2 Å². The minimum absolute atomic E-state index is 0.0493. The predicted molar refractivity (Wildman–Crippen MR) is 65.5 cm³/mol. The van der Waals surface area contributed by atoms with Crippen LogP contribution in [0, 0.1) is 0 Å². The van der Waals surface area contributed by atoms with E-state index in [1.165, 1.54) is 12.5 Å². The molecule has 96 valence electrons. The van der Waals surface area contributed by atoms with Gasteiger partial charge >= 0.3 is 0 Å². The van der Waals surface area contributed by atoms with E-state index in [4.69, 9.17) is 5.21 Å². The summed E-state index contributed by atoms with van der Waals surface area (Å²) in [6.45, 7) is 1.56. The van der Waals surface area contributed by atoms with Crippen molar-refractivity contribution in [2.45, 2.75) is 11.9 Å². The Balaban J connectivity index is 2.23. The van der Waals surface area contributed by atoms with Crippen LogP contribution in [0.1, 0.15) is 12.6 Å². The minimum Gasteiger partial charge on any atom is -0.411 e. The third-order valence-corrected chi connectivity index (χ3v) is 4.16. The first-order valence-corrected chi connectivity index (χ1v) is 7.05. The largest absolute Gasteiger partial charge is 0.411 e. The molecule has 0 saturated carbocycles. The summed E-state index contributed by atoms with van der Waals surface area (Å²) in [4.78, 5) is 10.1. The second-order valence-corrected chi connectivity index (χ2v) is 5.75. The van der Waals surface area contributed by atoms with E-state index in [9.17, 15) is 8.42 Å². The van der Waals surface area contributed by atoms with Crippen LogP contribution < -0.4 is 4.72 Å². The molecule has 3 N–H and O–H groups in total. The second kappa shape index (κ2) is 4.74. The van der Waals surface area contributed by atoms with Crippen molar-refractivity contribution in [3.05, 3.63) is 23.6 Å². The number of hydrogen-bond acceptors (Lipinski definition) is 7. The van der Waals surface area contributed by atoms with Gasteiger partial charge in [0.05, 0.1) is 12.5 Å². The fourth-order valence-corrected chi connectivity index (χ4v) is 3.01. The first-order chi connectivity index (χ1) is 8.53. The highest BCUT2D eigenvalue weighted by molar-refractivity contribution is 7.92. The quantitative estimate of drug-likeness (QED) is 0.437. The van der Waals surface area contributed by atoms with Crippen LogP contribution in [0.3, 0.4) is 0 Å². The summed E-state index contributed by atoms with van der Waals surface area (Å²) in [5.74, 6) is 0. The molecule has 2 heterocycles. The van der Waals surface area contributed by atoms with Crippen LogP contribution in [-0.4, -0.2) is 34.3 Å². The lowest BCUT2D eigenvalue weighted by Gasteiger charge is -2.01. The van der Waals surface area contributed by atoms with Crippen molar-refractivity contribution in [3.63, 3.8) is 0 Å². The van der Waals surface area contributed by atoms with Gasteiger partial charge in [-0.2, -0.15) is 8.42 Å². The van der Waals surface area contributed by atoms with E-state index in [1.807, 2.05) is 0 Å². The number of sulfonamides is 1. The first-order valence-electron chi connectivity index (χ1n) is 4.68. The molecule has 0 aromatic carbocycles. The molecule has 0 spiro atoms. The van der Waals surface area contributed by atoms with Gasteiger partial charge in [-0.3, -0.25) is 4.72 Å². The number of aromatic amines is 1. The lowest BCUT2D eigenvalue weighted by atomic mass is 10.3. The first kappa shape index (κ1) is 12.5. The summed E-state index contributed by atoms with van der Waals surface area (Å²) < 4.78 is 25.9. The predicted octanol–water partition coefficient (Wildman–Crippen LogP) is 0.865. The number of oxime groups is 1. The van der Waals surface area contributed by atoms with E-state index in [0.717, 1.165) is 11.3 Å². The number of nitrogens with zero attached hydrogens (tertiary/aromatic N) is 3. The van der Waals surface area contributed by atoms with E-state index in [0.29, 0.717) is 11.4 Å². The number of imidazole rings is 1. The molecule has 0 amide bonds. The van der Waals surface area contributed by atoms with Crippen molar-refractivity contribution in [3.8, 4) is 0 Å². The van der Waals surface area contributed by atoms with Crippen molar-refractivity contribution in [2.24, 2.45) is 5.16 Å². The molecule has 18 heavy (non-hydrogen) atoms. The van der Waals surface area contributed by atoms with Gasteiger partial charge in [0.1, 0.15) is 11.4 Å². The summed E-state index contributed by atoms with van der Waals surface area (Å²) in [5, 5.41) is 13.3. The van der Waals surface area contributed by atoms with Gasteiger partial charge in [0.2, 0.25) is 0 Å². The molecule has 2 rings (SSSR count). The summed E-state index contributed by atoms with van der Waals surface area (Å²) in [5.41, 5.74) is 0.711. The van der Waals surface area contributed by atoms with Crippen LogP contribution in [0.15, 0.2) is 28.1 Å². The summed E-state index contributed by atoms with van der Waals surface area (Å²) >= 11 is 1.09. The fourth-order valence-electron chi connectivity index (χ4n) is 1.10. The number of anilines is 1. The SMILES string of the molecule is C/C(=N\O)c1csc(NS(=O)(=O)c2cnc[nH]2)n1. The van der Waals surface area contributed by atoms with E-state index < -0.39 is 10.0 Å². The number of aromatic nitrogens is 3. The second-order valence-electron chi connectivity index (χ2n) is 3.24. The van der Waals surface area contributed by atoms with Crippen molar-refractivity contribution in [1.82, 2.24) is 15.0 Å². The zero-order valence-electron chi connectivity index (χ0n) is 9.15. The number of rotatable bonds is 4. The molecule has 2 aromatic heterocycles. The normalized spacial score (nSPS) is 12.6. The Morgan fingerprint density at radius 2 is 2.39 bits per heavy atom. The maximum Gasteiger partial charge on any atom is 0.280 e. The Morgan fingerprint density at radius 1 is 1.61 bits per heavy atom. The van der Waals surface area contributed by atoms with Gasteiger partial charge in [0.15, 0.2) is 10.2 Å². The van der Waals surface area contributed by atoms with Gasteiger partial charge in [-0.15, -0.1) is 11.3 Å². The third kappa shape index (κ3) is 2.49. The van der Waals surface area contributed by atoms with Gasteiger partial charge in [-0.25, -0.2) is 9.97 Å². The lowest BCUT2D eigenvalue weighted by molar-refractivity contribution is 0.319. The average Bonchev–Trinajstić information content (AvgIpc) is 2.97. The topological polar surface area (TPSA) is 120 Å². The highest BCUT2D eigenvalue weighted by atomic mass is 32.2.